The molecule has 0 amide bonds. The van der Waals surface area contributed by atoms with Crippen LogP contribution in [0.25, 0.3) is 0 Å². The molecule has 1 heterocycles. The number of nitrogens with two attached hydrogens (primary N) is 1. The first kappa shape index (κ1) is 17.5. The topological polar surface area (TPSA) is 53.1 Å². The Labute approximate surface area is 151 Å². The van der Waals surface area contributed by atoms with Gasteiger partial charge in [-0.1, -0.05) is 23.7 Å². The minimum absolute atomic E-state index is 0.223. The van der Waals surface area contributed by atoms with E-state index in [1.54, 1.807) is 18.3 Å². The third-order valence-corrected chi connectivity index (χ3v) is 4.19. The molecule has 0 saturated carbocycles. The first-order valence-corrected chi connectivity index (χ1v) is 8.43. The average molecular weight is 360 g/mol. The van der Waals surface area contributed by atoms with Crippen molar-refractivity contribution < 1.29 is 9.13 Å². The van der Waals surface area contributed by atoms with Crippen molar-refractivity contribution in [3.8, 4) is 11.8 Å². The van der Waals surface area contributed by atoms with Gasteiger partial charge in [0.25, 0.3) is 0 Å². The molecule has 130 valence electrons. The first-order chi connectivity index (χ1) is 12.1. The van der Waals surface area contributed by atoms with Crippen LogP contribution in [0, 0.1) is 5.82 Å². The fourth-order valence-corrected chi connectivity index (χ4v) is 2.78. The van der Waals surface area contributed by atoms with Gasteiger partial charge >= 0.3 is 6.01 Å². The zero-order chi connectivity index (χ0) is 17.8. The van der Waals surface area contributed by atoms with Crippen LogP contribution in [0.2, 0.25) is 5.02 Å². The Morgan fingerprint density at radius 3 is 2.48 bits per heavy atom. The van der Waals surface area contributed by atoms with Gasteiger partial charge in [0.1, 0.15) is 11.6 Å². The van der Waals surface area contributed by atoms with Crippen molar-refractivity contribution in [2.75, 3.05) is 0 Å². The first-order valence-electron chi connectivity index (χ1n) is 8.05. The molecule has 4 nitrogen and oxygen atoms in total. The lowest BCUT2D eigenvalue weighted by Crippen LogP contribution is -2.18. The third-order valence-electron chi connectivity index (χ3n) is 3.94. The van der Waals surface area contributed by atoms with Gasteiger partial charge in [0.05, 0.1) is 17.9 Å². The standard InChI is InChI=1S/C19H19ClFN3O/c1-2-24-18(17(22)11-13-3-5-14(20)6-4-13)12-23-19(24)25-16-9-7-15(21)8-10-16/h3-10,12,17H,2,11,22H2,1H3. The van der Waals surface area contributed by atoms with Gasteiger partial charge in [-0.25, -0.2) is 9.37 Å². The fourth-order valence-electron chi connectivity index (χ4n) is 2.65. The maximum atomic E-state index is 13.0. The van der Waals surface area contributed by atoms with Crippen LogP contribution in [-0.2, 0) is 13.0 Å². The summed E-state index contributed by atoms with van der Waals surface area (Å²) in [5, 5.41) is 0.700. The smallest absolute Gasteiger partial charge is 0.302 e. The molecule has 2 N–H and O–H groups in total. The lowest BCUT2D eigenvalue weighted by molar-refractivity contribution is 0.407. The van der Waals surface area contributed by atoms with E-state index in [4.69, 9.17) is 22.1 Å². The summed E-state index contributed by atoms with van der Waals surface area (Å²) in [4.78, 5) is 4.33. The van der Waals surface area contributed by atoms with Gasteiger partial charge in [-0.05, 0) is 55.3 Å². The molecule has 0 aliphatic rings. The molecule has 1 unspecified atom stereocenters. The van der Waals surface area contributed by atoms with Crippen molar-refractivity contribution in [2.24, 2.45) is 5.73 Å². The lowest BCUT2D eigenvalue weighted by Gasteiger charge is -2.15. The highest BCUT2D eigenvalue weighted by atomic mass is 35.5. The molecule has 1 atom stereocenters. The lowest BCUT2D eigenvalue weighted by atomic mass is 10.0. The average Bonchev–Trinajstić information content (AvgIpc) is 3.01. The maximum absolute atomic E-state index is 13.0. The number of rotatable bonds is 6. The zero-order valence-electron chi connectivity index (χ0n) is 13.8. The number of hydrogen-bond acceptors (Lipinski definition) is 3. The van der Waals surface area contributed by atoms with Crippen molar-refractivity contribution in [3.63, 3.8) is 0 Å². The van der Waals surface area contributed by atoms with Crippen molar-refractivity contribution in [1.29, 1.82) is 0 Å². The summed E-state index contributed by atoms with van der Waals surface area (Å²) in [7, 11) is 0. The Balaban J connectivity index is 1.78. The van der Waals surface area contributed by atoms with E-state index in [-0.39, 0.29) is 11.9 Å². The van der Waals surface area contributed by atoms with E-state index >= 15 is 0 Å². The second-order valence-electron chi connectivity index (χ2n) is 5.70. The fraction of sp³-hybridized carbons (Fsp3) is 0.211. The van der Waals surface area contributed by atoms with E-state index in [1.165, 1.54) is 12.1 Å². The number of imidazole rings is 1. The number of hydrogen-bond donors (Lipinski definition) is 1. The summed E-state index contributed by atoms with van der Waals surface area (Å²) in [6, 6.07) is 13.7. The summed E-state index contributed by atoms with van der Waals surface area (Å²) < 4.78 is 20.7. The van der Waals surface area contributed by atoms with E-state index in [2.05, 4.69) is 4.98 Å². The van der Waals surface area contributed by atoms with Gasteiger partial charge in [0, 0.05) is 11.6 Å². The molecule has 0 fully saturated rings. The summed E-state index contributed by atoms with van der Waals surface area (Å²) in [5.41, 5.74) is 8.35. The second kappa shape index (κ2) is 7.68. The molecule has 3 aromatic rings. The van der Waals surface area contributed by atoms with E-state index in [9.17, 15) is 4.39 Å². The Bertz CT molecular complexity index is 831. The predicted octanol–water partition coefficient (Wildman–Crippen LogP) is 4.73. The molecule has 3 rings (SSSR count). The maximum Gasteiger partial charge on any atom is 0.302 e. The Kier molecular flexibility index (Phi) is 5.36. The van der Waals surface area contributed by atoms with Crippen LogP contribution in [0.5, 0.6) is 11.8 Å². The summed E-state index contributed by atoms with van der Waals surface area (Å²) in [6.07, 6.45) is 2.39. The van der Waals surface area contributed by atoms with Crippen molar-refractivity contribution in [2.45, 2.75) is 25.9 Å². The SMILES string of the molecule is CCn1c(C(N)Cc2ccc(Cl)cc2)cnc1Oc1ccc(F)cc1. The number of aromatic nitrogens is 2. The molecule has 0 aliphatic carbocycles. The molecule has 0 bridgehead atoms. The van der Waals surface area contributed by atoms with Crippen LogP contribution < -0.4 is 10.5 Å². The van der Waals surface area contributed by atoms with Gasteiger partial charge in [0.15, 0.2) is 0 Å². The molecule has 2 aromatic carbocycles. The molecule has 1 aromatic heterocycles. The van der Waals surface area contributed by atoms with Gasteiger partial charge in [-0.15, -0.1) is 0 Å². The van der Waals surface area contributed by atoms with Crippen LogP contribution in [0.15, 0.2) is 54.7 Å². The minimum atomic E-state index is -0.308. The van der Waals surface area contributed by atoms with Gasteiger partial charge in [-0.3, -0.25) is 4.57 Å². The predicted molar refractivity (Wildman–Crippen MR) is 96.5 cm³/mol. The number of nitrogens with zero attached hydrogens (tertiary/aromatic N) is 2. The van der Waals surface area contributed by atoms with Crippen LogP contribution in [0.4, 0.5) is 4.39 Å². The highest BCUT2D eigenvalue weighted by Gasteiger charge is 2.17. The molecular weight excluding hydrogens is 341 g/mol. The van der Waals surface area contributed by atoms with Crippen LogP contribution in [0.1, 0.15) is 24.2 Å². The number of halogens is 2. The number of benzene rings is 2. The Morgan fingerprint density at radius 1 is 1.16 bits per heavy atom. The Hall–Kier alpha value is -2.37. The van der Waals surface area contributed by atoms with Crippen molar-refractivity contribution >= 4 is 11.6 Å². The highest BCUT2D eigenvalue weighted by Crippen LogP contribution is 2.25. The van der Waals surface area contributed by atoms with Gasteiger partial charge < -0.3 is 10.5 Å². The molecule has 0 radical (unpaired) electrons. The van der Waals surface area contributed by atoms with Crippen LogP contribution in [-0.4, -0.2) is 9.55 Å². The molecule has 0 spiro atoms. The van der Waals surface area contributed by atoms with Crippen LogP contribution in [0.3, 0.4) is 0 Å². The largest absolute Gasteiger partial charge is 0.426 e. The van der Waals surface area contributed by atoms with E-state index in [1.807, 2.05) is 35.8 Å². The summed E-state index contributed by atoms with van der Waals surface area (Å²) >= 11 is 5.92. The normalized spacial score (nSPS) is 12.2. The third kappa shape index (κ3) is 4.18. The number of ether oxygens (including phenoxy) is 1. The highest BCUT2D eigenvalue weighted by molar-refractivity contribution is 6.30. The minimum Gasteiger partial charge on any atom is -0.426 e. The summed E-state index contributed by atoms with van der Waals surface area (Å²) in [5.74, 6) is 0.219. The van der Waals surface area contributed by atoms with E-state index in [0.717, 1.165) is 11.3 Å². The van der Waals surface area contributed by atoms with E-state index < -0.39 is 0 Å². The Morgan fingerprint density at radius 2 is 1.84 bits per heavy atom. The van der Waals surface area contributed by atoms with Crippen LogP contribution >= 0.6 is 11.6 Å². The monoisotopic (exact) mass is 359 g/mol. The van der Waals surface area contributed by atoms with E-state index in [0.29, 0.717) is 29.7 Å². The summed E-state index contributed by atoms with van der Waals surface area (Å²) in [6.45, 7) is 2.66. The molecule has 25 heavy (non-hydrogen) atoms. The molecular formula is C19H19ClFN3O. The second-order valence-corrected chi connectivity index (χ2v) is 6.14. The molecule has 6 heteroatoms. The van der Waals surface area contributed by atoms with Gasteiger partial charge in [0.2, 0.25) is 0 Å². The van der Waals surface area contributed by atoms with Gasteiger partial charge in [-0.2, -0.15) is 0 Å². The molecule has 0 aliphatic heterocycles. The quantitative estimate of drug-likeness (QED) is 0.692. The zero-order valence-corrected chi connectivity index (χ0v) is 14.6. The van der Waals surface area contributed by atoms with Crippen molar-refractivity contribution in [3.05, 3.63) is 76.8 Å². The molecule has 0 saturated heterocycles. The van der Waals surface area contributed by atoms with Crippen molar-refractivity contribution in [1.82, 2.24) is 9.55 Å².